The number of hydrogen-bond acceptors (Lipinski definition) is 4. The number of nitrogens with one attached hydrogen (secondary N) is 1. The number of fused-ring (bicyclic) bond motifs is 1. The molecule has 156 valence electrons. The third-order valence-corrected chi connectivity index (χ3v) is 7.02. The molecule has 30 heavy (non-hydrogen) atoms. The maximum Gasteiger partial charge on any atom is 0.262 e. The Hall–Kier alpha value is -2.02. The minimum absolute atomic E-state index is 0.00667. The Morgan fingerprint density at radius 1 is 1.13 bits per heavy atom. The highest BCUT2D eigenvalue weighted by atomic mass is 35.5. The molecule has 1 amide bonds. The van der Waals surface area contributed by atoms with Crippen LogP contribution in [0.25, 0.3) is 10.9 Å². The second-order valence-corrected chi connectivity index (χ2v) is 9.26. The Kier molecular flexibility index (Phi) is 6.66. The molecule has 1 atom stereocenters. The molecule has 2 heterocycles. The van der Waals surface area contributed by atoms with Crippen molar-refractivity contribution in [3.8, 4) is 0 Å². The number of carbonyl (C=O) groups is 1. The van der Waals surface area contributed by atoms with E-state index in [1.807, 2.05) is 24.3 Å². The molecule has 3 aromatic rings. The summed E-state index contributed by atoms with van der Waals surface area (Å²) in [6.45, 7) is 1.11. The number of carbonyl (C=O) groups excluding carboxylic acids is 1. The lowest BCUT2D eigenvalue weighted by Gasteiger charge is -2.17. The molecular weight excluding hydrogens is 441 g/mol. The summed E-state index contributed by atoms with van der Waals surface area (Å²) in [5.74, 6) is 0.00667. The summed E-state index contributed by atoms with van der Waals surface area (Å²) in [6, 6.07) is 12.7. The fourth-order valence-corrected chi connectivity index (χ4v) is 5.23. The van der Waals surface area contributed by atoms with Crippen LogP contribution in [0.4, 0.5) is 0 Å². The highest BCUT2D eigenvalue weighted by Gasteiger charge is 2.24. The van der Waals surface area contributed by atoms with E-state index in [2.05, 4.69) is 5.32 Å². The molecule has 1 aliphatic rings. The average Bonchev–Trinajstić information content (AvgIpc) is 2.93. The minimum atomic E-state index is -0.258. The summed E-state index contributed by atoms with van der Waals surface area (Å²) in [4.78, 5) is 30.4. The molecule has 5 nitrogen and oxygen atoms in total. The molecular formula is C22H21Cl2N3O2S. The first-order chi connectivity index (χ1) is 14.5. The van der Waals surface area contributed by atoms with Gasteiger partial charge in [-0.3, -0.25) is 14.2 Å². The topological polar surface area (TPSA) is 64.0 Å². The number of benzene rings is 2. The smallest absolute Gasteiger partial charge is 0.262 e. The van der Waals surface area contributed by atoms with Gasteiger partial charge in [0.15, 0.2) is 5.16 Å². The molecule has 2 aromatic carbocycles. The maximum atomic E-state index is 13.3. The lowest BCUT2D eigenvalue weighted by atomic mass is 10.1. The molecule has 1 fully saturated rings. The molecule has 1 unspecified atom stereocenters. The van der Waals surface area contributed by atoms with Crippen LogP contribution in [-0.4, -0.2) is 27.3 Å². The highest BCUT2D eigenvalue weighted by molar-refractivity contribution is 8.00. The van der Waals surface area contributed by atoms with E-state index >= 15 is 0 Å². The van der Waals surface area contributed by atoms with Gasteiger partial charge < -0.3 is 5.32 Å². The molecule has 0 radical (unpaired) electrons. The van der Waals surface area contributed by atoms with Gasteiger partial charge >= 0.3 is 0 Å². The van der Waals surface area contributed by atoms with Crippen molar-refractivity contribution in [2.45, 2.75) is 42.6 Å². The zero-order valence-electron chi connectivity index (χ0n) is 16.2. The van der Waals surface area contributed by atoms with Crippen molar-refractivity contribution in [2.75, 3.05) is 6.54 Å². The first-order valence-corrected chi connectivity index (χ1v) is 11.5. The zero-order chi connectivity index (χ0) is 21.1. The van der Waals surface area contributed by atoms with E-state index < -0.39 is 0 Å². The van der Waals surface area contributed by atoms with Gasteiger partial charge in [-0.05, 0) is 49.1 Å². The van der Waals surface area contributed by atoms with Crippen LogP contribution in [0.3, 0.4) is 0 Å². The normalized spacial score (nSPS) is 17.0. The second-order valence-electron chi connectivity index (χ2n) is 7.25. The predicted molar refractivity (Wildman–Crippen MR) is 123 cm³/mol. The van der Waals surface area contributed by atoms with E-state index in [1.54, 1.807) is 22.8 Å². The van der Waals surface area contributed by atoms with Crippen LogP contribution in [0.5, 0.6) is 0 Å². The van der Waals surface area contributed by atoms with E-state index in [1.165, 1.54) is 11.8 Å². The summed E-state index contributed by atoms with van der Waals surface area (Å²) in [7, 11) is 0. The van der Waals surface area contributed by atoms with Gasteiger partial charge in [0.05, 0.1) is 16.2 Å². The summed E-state index contributed by atoms with van der Waals surface area (Å²) in [6.07, 6.45) is 3.26. The van der Waals surface area contributed by atoms with Gasteiger partial charge in [-0.1, -0.05) is 59.6 Å². The van der Waals surface area contributed by atoms with Crippen molar-refractivity contribution < 1.29 is 4.79 Å². The summed E-state index contributed by atoms with van der Waals surface area (Å²) >= 11 is 13.7. The van der Waals surface area contributed by atoms with Crippen LogP contribution in [0, 0.1) is 0 Å². The zero-order valence-corrected chi connectivity index (χ0v) is 18.6. The highest BCUT2D eigenvalue weighted by Crippen LogP contribution is 2.28. The Labute approximate surface area is 188 Å². The van der Waals surface area contributed by atoms with E-state index in [0.29, 0.717) is 45.6 Å². The van der Waals surface area contributed by atoms with E-state index in [0.717, 1.165) is 24.8 Å². The van der Waals surface area contributed by atoms with E-state index in [9.17, 15) is 9.59 Å². The number of aryl methyl sites for hydroxylation is 1. The number of amides is 1. The molecule has 0 aliphatic carbocycles. The van der Waals surface area contributed by atoms with Crippen molar-refractivity contribution in [1.82, 2.24) is 14.9 Å². The lowest BCUT2D eigenvalue weighted by Crippen LogP contribution is -2.32. The first kappa shape index (κ1) is 21.2. The first-order valence-electron chi connectivity index (χ1n) is 9.91. The van der Waals surface area contributed by atoms with Crippen LogP contribution < -0.4 is 10.9 Å². The van der Waals surface area contributed by atoms with Crippen molar-refractivity contribution in [3.05, 3.63) is 68.4 Å². The molecule has 0 saturated carbocycles. The van der Waals surface area contributed by atoms with Gasteiger partial charge in [-0.2, -0.15) is 0 Å². The molecule has 1 saturated heterocycles. The van der Waals surface area contributed by atoms with Gasteiger partial charge in [0.1, 0.15) is 0 Å². The maximum absolute atomic E-state index is 13.3. The van der Waals surface area contributed by atoms with Gasteiger partial charge in [0.25, 0.3) is 5.56 Å². The summed E-state index contributed by atoms with van der Waals surface area (Å²) in [5, 5.41) is 4.96. The summed E-state index contributed by atoms with van der Waals surface area (Å²) < 4.78 is 1.66. The van der Waals surface area contributed by atoms with Crippen molar-refractivity contribution in [1.29, 1.82) is 0 Å². The van der Waals surface area contributed by atoms with Crippen molar-refractivity contribution >= 4 is 51.8 Å². The van der Waals surface area contributed by atoms with Crippen LogP contribution >= 0.6 is 35.0 Å². The average molecular weight is 462 g/mol. The SMILES string of the molecule is O=C1NCCCCC1Sc1nc2ccccc2c(=O)n1CCc1ccc(Cl)cc1Cl. The Balaban J connectivity index is 1.70. The van der Waals surface area contributed by atoms with Gasteiger partial charge in [-0.15, -0.1) is 0 Å². The molecule has 0 spiro atoms. The quantitative estimate of drug-likeness (QED) is 0.558. The molecule has 1 aromatic heterocycles. The molecule has 1 aliphatic heterocycles. The van der Waals surface area contributed by atoms with Crippen LogP contribution in [0.15, 0.2) is 52.4 Å². The van der Waals surface area contributed by atoms with Gasteiger partial charge in [0.2, 0.25) is 5.91 Å². The monoisotopic (exact) mass is 461 g/mol. The van der Waals surface area contributed by atoms with E-state index in [-0.39, 0.29) is 16.7 Å². The number of para-hydroxylation sites is 1. The Morgan fingerprint density at radius 2 is 1.97 bits per heavy atom. The number of rotatable bonds is 5. The second kappa shape index (κ2) is 9.41. The molecule has 1 N–H and O–H groups in total. The fourth-order valence-electron chi connectivity index (χ4n) is 3.54. The van der Waals surface area contributed by atoms with Crippen LogP contribution in [-0.2, 0) is 17.8 Å². The predicted octanol–water partition coefficient (Wildman–Crippen LogP) is 4.71. The molecule has 0 bridgehead atoms. The Bertz CT molecular complexity index is 1150. The number of halogens is 2. The lowest BCUT2D eigenvalue weighted by molar-refractivity contribution is -0.120. The van der Waals surface area contributed by atoms with E-state index in [4.69, 9.17) is 28.2 Å². The van der Waals surface area contributed by atoms with Crippen molar-refractivity contribution in [2.24, 2.45) is 0 Å². The molecule has 4 rings (SSSR count). The van der Waals surface area contributed by atoms with Crippen LogP contribution in [0.2, 0.25) is 10.0 Å². The fraction of sp³-hybridized carbons (Fsp3) is 0.318. The number of nitrogens with zero attached hydrogens (tertiary/aromatic N) is 2. The number of hydrogen-bond donors (Lipinski definition) is 1. The number of thioether (sulfide) groups is 1. The third kappa shape index (κ3) is 4.66. The number of aromatic nitrogens is 2. The van der Waals surface area contributed by atoms with Gasteiger partial charge in [0, 0.05) is 23.1 Å². The Morgan fingerprint density at radius 3 is 2.80 bits per heavy atom. The largest absolute Gasteiger partial charge is 0.355 e. The minimum Gasteiger partial charge on any atom is -0.355 e. The third-order valence-electron chi connectivity index (χ3n) is 5.18. The van der Waals surface area contributed by atoms with Crippen molar-refractivity contribution in [3.63, 3.8) is 0 Å². The van der Waals surface area contributed by atoms with Gasteiger partial charge in [-0.25, -0.2) is 4.98 Å². The summed E-state index contributed by atoms with van der Waals surface area (Å²) in [5.41, 5.74) is 1.44. The molecule has 8 heteroatoms. The van der Waals surface area contributed by atoms with Crippen LogP contribution in [0.1, 0.15) is 24.8 Å². The standard InChI is InChI=1S/C22H21Cl2N3O2S/c23-15-9-8-14(17(24)13-15)10-12-27-21(29)16-5-1-2-6-18(16)26-22(27)30-19-7-3-4-11-25-20(19)28/h1-2,5-6,8-9,13,19H,3-4,7,10-12H2,(H,25,28).